The van der Waals surface area contributed by atoms with Gasteiger partial charge in [0.2, 0.25) is 10.0 Å². The summed E-state index contributed by atoms with van der Waals surface area (Å²) in [5.74, 6) is 0.603. The molecule has 0 amide bonds. The molecule has 3 rings (SSSR count). The van der Waals surface area contributed by atoms with Crippen molar-refractivity contribution >= 4 is 44.9 Å². The molecule has 0 aliphatic carbocycles. The topological polar surface area (TPSA) is 75.2 Å². The van der Waals surface area contributed by atoms with Crippen LogP contribution in [0.1, 0.15) is 12.8 Å². The molecule has 0 atom stereocenters. The summed E-state index contributed by atoms with van der Waals surface area (Å²) in [6.07, 6.45) is 5.35. The normalized spacial score (nSPS) is 15.6. The van der Waals surface area contributed by atoms with Gasteiger partial charge in [0.15, 0.2) is 5.16 Å². The molecule has 0 spiro atoms. The first-order valence-corrected chi connectivity index (χ1v) is 10.5. The van der Waals surface area contributed by atoms with Gasteiger partial charge in [-0.2, -0.15) is 4.31 Å². The molecule has 0 radical (unpaired) electrons. The standard InChI is InChI=1S/C15H17ClN4O2S2/c1-23-15-17-7-6-14(19-15)18-13-5-4-11(10-12(13)16)24(21,22)20-8-2-3-9-20/h4-7,10H,2-3,8-9H2,1H3,(H,17,18,19). The summed E-state index contributed by atoms with van der Waals surface area (Å²) in [4.78, 5) is 8.64. The minimum absolute atomic E-state index is 0.215. The van der Waals surface area contributed by atoms with Gasteiger partial charge in [0.25, 0.3) is 0 Å². The van der Waals surface area contributed by atoms with Crippen molar-refractivity contribution in [3.63, 3.8) is 0 Å². The van der Waals surface area contributed by atoms with Crippen LogP contribution in [-0.2, 0) is 10.0 Å². The fraction of sp³-hybridized carbons (Fsp3) is 0.333. The van der Waals surface area contributed by atoms with E-state index in [-0.39, 0.29) is 4.90 Å². The second-order valence-electron chi connectivity index (χ2n) is 5.31. The van der Waals surface area contributed by atoms with E-state index in [0.717, 1.165) is 12.8 Å². The minimum Gasteiger partial charge on any atom is -0.339 e. The smallest absolute Gasteiger partial charge is 0.243 e. The number of nitrogens with one attached hydrogen (secondary N) is 1. The summed E-state index contributed by atoms with van der Waals surface area (Å²) in [5, 5.41) is 4.07. The number of anilines is 2. The van der Waals surface area contributed by atoms with Crippen LogP contribution in [0.4, 0.5) is 11.5 Å². The van der Waals surface area contributed by atoms with Gasteiger partial charge in [-0.05, 0) is 43.4 Å². The highest BCUT2D eigenvalue weighted by Gasteiger charge is 2.27. The van der Waals surface area contributed by atoms with Gasteiger partial charge >= 0.3 is 0 Å². The Kier molecular flexibility index (Phi) is 5.29. The van der Waals surface area contributed by atoms with Gasteiger partial charge in [-0.25, -0.2) is 18.4 Å². The van der Waals surface area contributed by atoms with E-state index >= 15 is 0 Å². The SMILES string of the molecule is CSc1nccc(Nc2ccc(S(=O)(=O)N3CCCC3)cc2Cl)n1. The number of hydrogen-bond acceptors (Lipinski definition) is 6. The van der Waals surface area contributed by atoms with Crippen LogP contribution in [0.5, 0.6) is 0 Å². The molecule has 0 saturated carbocycles. The lowest BCUT2D eigenvalue weighted by Crippen LogP contribution is -2.27. The van der Waals surface area contributed by atoms with Gasteiger partial charge in [0.05, 0.1) is 15.6 Å². The molecule has 1 aliphatic heterocycles. The van der Waals surface area contributed by atoms with Crippen molar-refractivity contribution in [2.45, 2.75) is 22.9 Å². The Hall–Kier alpha value is -1.35. The van der Waals surface area contributed by atoms with Gasteiger partial charge in [-0.3, -0.25) is 0 Å². The molecule has 128 valence electrons. The first kappa shape index (κ1) is 17.5. The summed E-state index contributed by atoms with van der Waals surface area (Å²) in [7, 11) is -3.47. The average molecular weight is 385 g/mol. The Balaban J connectivity index is 1.84. The van der Waals surface area contributed by atoms with E-state index in [2.05, 4.69) is 15.3 Å². The molecule has 1 aliphatic rings. The van der Waals surface area contributed by atoms with Crippen molar-refractivity contribution in [3.8, 4) is 0 Å². The Morgan fingerprint density at radius 1 is 1.25 bits per heavy atom. The van der Waals surface area contributed by atoms with Crippen molar-refractivity contribution in [3.05, 3.63) is 35.5 Å². The Morgan fingerprint density at radius 3 is 2.67 bits per heavy atom. The van der Waals surface area contributed by atoms with Gasteiger partial charge in [0.1, 0.15) is 5.82 Å². The van der Waals surface area contributed by atoms with Crippen molar-refractivity contribution in [1.29, 1.82) is 0 Å². The van der Waals surface area contributed by atoms with Crippen LogP contribution < -0.4 is 5.32 Å². The first-order chi connectivity index (χ1) is 11.5. The van der Waals surface area contributed by atoms with E-state index in [0.29, 0.717) is 34.8 Å². The number of thioether (sulfide) groups is 1. The van der Waals surface area contributed by atoms with Crippen molar-refractivity contribution in [2.75, 3.05) is 24.7 Å². The fourth-order valence-electron chi connectivity index (χ4n) is 2.48. The third-order valence-electron chi connectivity index (χ3n) is 3.72. The van der Waals surface area contributed by atoms with E-state index in [1.807, 2.05) is 6.26 Å². The van der Waals surface area contributed by atoms with Gasteiger partial charge in [-0.15, -0.1) is 0 Å². The number of halogens is 1. The van der Waals surface area contributed by atoms with Crippen LogP contribution in [0.15, 0.2) is 40.5 Å². The van der Waals surface area contributed by atoms with Gasteiger partial charge < -0.3 is 5.32 Å². The molecule has 2 heterocycles. The van der Waals surface area contributed by atoms with Crippen molar-refractivity contribution in [2.24, 2.45) is 0 Å². The minimum atomic E-state index is -3.47. The molecule has 1 saturated heterocycles. The molecule has 1 aromatic heterocycles. The van der Waals surface area contributed by atoms with E-state index < -0.39 is 10.0 Å². The molecule has 0 unspecified atom stereocenters. The zero-order valence-electron chi connectivity index (χ0n) is 13.1. The number of sulfonamides is 1. The van der Waals surface area contributed by atoms with E-state index in [9.17, 15) is 8.42 Å². The maximum atomic E-state index is 12.6. The number of benzene rings is 1. The molecule has 6 nitrogen and oxygen atoms in total. The summed E-state index contributed by atoms with van der Waals surface area (Å²) < 4.78 is 26.6. The lowest BCUT2D eigenvalue weighted by Gasteiger charge is -2.16. The maximum absolute atomic E-state index is 12.6. The quantitative estimate of drug-likeness (QED) is 0.629. The number of nitrogens with zero attached hydrogens (tertiary/aromatic N) is 3. The predicted molar refractivity (Wildman–Crippen MR) is 96.5 cm³/mol. The zero-order chi connectivity index (χ0) is 17.2. The van der Waals surface area contributed by atoms with E-state index in [1.54, 1.807) is 24.4 Å². The molecular weight excluding hydrogens is 368 g/mol. The van der Waals surface area contributed by atoms with Crippen LogP contribution in [-0.4, -0.2) is 42.0 Å². The lowest BCUT2D eigenvalue weighted by atomic mass is 10.3. The van der Waals surface area contributed by atoms with Crippen LogP contribution in [0.3, 0.4) is 0 Å². The second-order valence-corrected chi connectivity index (χ2v) is 8.42. The van der Waals surface area contributed by atoms with Crippen LogP contribution >= 0.6 is 23.4 Å². The highest BCUT2D eigenvalue weighted by molar-refractivity contribution is 7.98. The third-order valence-corrected chi connectivity index (χ3v) is 6.49. The summed E-state index contributed by atoms with van der Waals surface area (Å²) in [6, 6.07) is 6.43. The van der Waals surface area contributed by atoms with Crippen molar-refractivity contribution < 1.29 is 8.42 Å². The largest absolute Gasteiger partial charge is 0.339 e. The molecular formula is C15H17ClN4O2S2. The highest BCUT2D eigenvalue weighted by atomic mass is 35.5. The number of rotatable bonds is 5. The van der Waals surface area contributed by atoms with Gasteiger partial charge in [0, 0.05) is 19.3 Å². The molecule has 1 fully saturated rings. The molecule has 0 bridgehead atoms. The summed E-state index contributed by atoms with van der Waals surface area (Å²) >= 11 is 7.71. The molecule has 1 N–H and O–H groups in total. The first-order valence-electron chi connectivity index (χ1n) is 7.44. The molecule has 24 heavy (non-hydrogen) atoms. The van der Waals surface area contributed by atoms with Crippen LogP contribution in [0.2, 0.25) is 5.02 Å². The Morgan fingerprint density at radius 2 is 2.00 bits per heavy atom. The fourth-order valence-corrected chi connectivity index (χ4v) is 4.67. The molecule has 1 aromatic carbocycles. The van der Waals surface area contributed by atoms with E-state index in [4.69, 9.17) is 11.6 Å². The average Bonchev–Trinajstić information content (AvgIpc) is 3.12. The van der Waals surface area contributed by atoms with Crippen LogP contribution in [0, 0.1) is 0 Å². The van der Waals surface area contributed by atoms with Crippen LogP contribution in [0.25, 0.3) is 0 Å². The van der Waals surface area contributed by atoms with Crippen molar-refractivity contribution in [1.82, 2.24) is 14.3 Å². The Labute approximate surface area is 150 Å². The number of aromatic nitrogens is 2. The zero-order valence-corrected chi connectivity index (χ0v) is 15.5. The van der Waals surface area contributed by atoms with E-state index in [1.165, 1.54) is 22.1 Å². The van der Waals surface area contributed by atoms with Gasteiger partial charge in [-0.1, -0.05) is 23.4 Å². The summed E-state index contributed by atoms with van der Waals surface area (Å²) in [6.45, 7) is 1.14. The highest BCUT2D eigenvalue weighted by Crippen LogP contribution is 2.30. The monoisotopic (exact) mass is 384 g/mol. The predicted octanol–water partition coefficient (Wildman–Crippen LogP) is 3.38. The maximum Gasteiger partial charge on any atom is 0.243 e. The Bertz CT molecular complexity index is 839. The molecule has 9 heteroatoms. The third kappa shape index (κ3) is 3.66. The summed E-state index contributed by atoms with van der Waals surface area (Å²) in [5.41, 5.74) is 0.600. The second kappa shape index (κ2) is 7.26. The lowest BCUT2D eigenvalue weighted by molar-refractivity contribution is 0.477. The molecule has 2 aromatic rings. The number of hydrogen-bond donors (Lipinski definition) is 1.